The van der Waals surface area contributed by atoms with Gasteiger partial charge in [0.2, 0.25) is 0 Å². The molecule has 0 fully saturated rings. The molecule has 1 aromatic rings. The maximum absolute atomic E-state index is 3.46. The Labute approximate surface area is 81.2 Å². The Morgan fingerprint density at radius 2 is 1.92 bits per heavy atom. The van der Waals surface area contributed by atoms with Gasteiger partial charge < -0.3 is 5.32 Å². The lowest BCUT2D eigenvalue weighted by molar-refractivity contribution is 0.764. The number of nitrogens with one attached hydrogen (secondary N) is 1. The van der Waals surface area contributed by atoms with E-state index in [9.17, 15) is 0 Å². The van der Waals surface area contributed by atoms with Crippen LogP contribution in [0, 0.1) is 13.8 Å². The highest BCUT2D eigenvalue weighted by Crippen LogP contribution is 2.15. The first-order valence-electron chi connectivity index (χ1n) is 4.97. The minimum absolute atomic E-state index is 0.558. The molecule has 1 rings (SSSR count). The van der Waals surface area contributed by atoms with Crippen LogP contribution < -0.4 is 5.32 Å². The second-order valence-corrected chi connectivity index (χ2v) is 3.75. The summed E-state index contributed by atoms with van der Waals surface area (Å²) >= 11 is 0. The van der Waals surface area contributed by atoms with Crippen LogP contribution >= 0.6 is 0 Å². The van der Waals surface area contributed by atoms with E-state index in [0.29, 0.717) is 6.04 Å². The third-order valence-electron chi connectivity index (χ3n) is 2.53. The number of hydrogen-bond donors (Lipinski definition) is 1. The molecule has 1 unspecified atom stereocenters. The fourth-order valence-corrected chi connectivity index (χ4v) is 1.22. The molecule has 0 saturated carbocycles. The fourth-order valence-electron chi connectivity index (χ4n) is 1.22. The number of hydrogen-bond acceptors (Lipinski definition) is 1. The van der Waals surface area contributed by atoms with Crippen LogP contribution in [0.4, 0.5) is 5.69 Å². The van der Waals surface area contributed by atoms with Gasteiger partial charge in [-0.15, -0.1) is 0 Å². The minimum atomic E-state index is 0.558. The van der Waals surface area contributed by atoms with Crippen molar-refractivity contribution in [3.63, 3.8) is 0 Å². The molecule has 1 N–H and O–H groups in total. The number of anilines is 1. The van der Waals surface area contributed by atoms with Crippen LogP contribution in [0.5, 0.6) is 0 Å². The Bertz CT molecular complexity index is 278. The first-order valence-corrected chi connectivity index (χ1v) is 4.97. The monoisotopic (exact) mass is 177 g/mol. The molecule has 0 aliphatic rings. The SMILES string of the molecule is CCC(C)Nc1ccc(C)c(C)c1. The molecule has 0 saturated heterocycles. The summed E-state index contributed by atoms with van der Waals surface area (Å²) in [5.74, 6) is 0. The van der Waals surface area contributed by atoms with Gasteiger partial charge in [0.1, 0.15) is 0 Å². The van der Waals surface area contributed by atoms with Gasteiger partial charge in [0, 0.05) is 11.7 Å². The first kappa shape index (κ1) is 10.1. The third kappa shape index (κ3) is 2.76. The minimum Gasteiger partial charge on any atom is -0.383 e. The molecule has 0 amide bonds. The molecule has 1 aromatic carbocycles. The van der Waals surface area contributed by atoms with Crippen molar-refractivity contribution in [1.29, 1.82) is 0 Å². The summed E-state index contributed by atoms with van der Waals surface area (Å²) in [6.07, 6.45) is 1.16. The van der Waals surface area contributed by atoms with Gasteiger partial charge in [0.15, 0.2) is 0 Å². The highest BCUT2D eigenvalue weighted by molar-refractivity contribution is 5.48. The molecule has 0 aliphatic carbocycles. The van der Waals surface area contributed by atoms with Gasteiger partial charge in [0.05, 0.1) is 0 Å². The van der Waals surface area contributed by atoms with Crippen molar-refractivity contribution in [2.24, 2.45) is 0 Å². The lowest BCUT2D eigenvalue weighted by Crippen LogP contribution is -2.13. The molecular weight excluding hydrogens is 158 g/mol. The van der Waals surface area contributed by atoms with E-state index in [1.807, 2.05) is 0 Å². The zero-order valence-electron chi connectivity index (χ0n) is 9.02. The molecule has 72 valence electrons. The average Bonchev–Trinajstić information content (AvgIpc) is 2.11. The van der Waals surface area contributed by atoms with Crippen molar-refractivity contribution in [3.05, 3.63) is 29.3 Å². The van der Waals surface area contributed by atoms with E-state index >= 15 is 0 Å². The predicted octanol–water partition coefficient (Wildman–Crippen LogP) is 3.51. The van der Waals surface area contributed by atoms with Crippen LogP contribution in [0.25, 0.3) is 0 Å². The number of rotatable bonds is 3. The average molecular weight is 177 g/mol. The van der Waals surface area contributed by atoms with E-state index in [2.05, 4.69) is 51.2 Å². The number of benzene rings is 1. The van der Waals surface area contributed by atoms with Gasteiger partial charge in [-0.05, 0) is 50.5 Å². The maximum atomic E-state index is 3.46. The van der Waals surface area contributed by atoms with Crippen LogP contribution in [0.3, 0.4) is 0 Å². The Morgan fingerprint density at radius 3 is 2.46 bits per heavy atom. The van der Waals surface area contributed by atoms with Crippen molar-refractivity contribution >= 4 is 5.69 Å². The smallest absolute Gasteiger partial charge is 0.0345 e. The summed E-state index contributed by atoms with van der Waals surface area (Å²) in [6.45, 7) is 8.69. The zero-order valence-corrected chi connectivity index (χ0v) is 9.02. The van der Waals surface area contributed by atoms with E-state index in [0.717, 1.165) is 6.42 Å². The summed E-state index contributed by atoms with van der Waals surface area (Å²) in [4.78, 5) is 0. The molecule has 13 heavy (non-hydrogen) atoms. The van der Waals surface area contributed by atoms with Gasteiger partial charge >= 0.3 is 0 Å². The molecule has 1 atom stereocenters. The second kappa shape index (κ2) is 4.31. The number of aryl methyl sites for hydroxylation is 2. The lowest BCUT2D eigenvalue weighted by atomic mass is 10.1. The van der Waals surface area contributed by atoms with E-state index < -0.39 is 0 Å². The molecule has 0 radical (unpaired) electrons. The van der Waals surface area contributed by atoms with Crippen molar-refractivity contribution in [1.82, 2.24) is 0 Å². The Balaban J connectivity index is 2.73. The molecule has 1 nitrogen and oxygen atoms in total. The van der Waals surface area contributed by atoms with Gasteiger partial charge in [-0.25, -0.2) is 0 Å². The van der Waals surface area contributed by atoms with Crippen LogP contribution in [0.1, 0.15) is 31.4 Å². The first-order chi connectivity index (χ1) is 6.13. The Hall–Kier alpha value is -0.980. The molecule has 0 heterocycles. The van der Waals surface area contributed by atoms with E-state index in [-0.39, 0.29) is 0 Å². The van der Waals surface area contributed by atoms with Crippen LogP contribution in [-0.2, 0) is 0 Å². The molecular formula is C12H19N. The molecule has 0 bridgehead atoms. The third-order valence-corrected chi connectivity index (χ3v) is 2.53. The van der Waals surface area contributed by atoms with Gasteiger partial charge in [-0.2, -0.15) is 0 Å². The highest BCUT2D eigenvalue weighted by atomic mass is 14.9. The van der Waals surface area contributed by atoms with Crippen molar-refractivity contribution < 1.29 is 0 Å². The van der Waals surface area contributed by atoms with Crippen molar-refractivity contribution in [3.8, 4) is 0 Å². The summed E-state index contributed by atoms with van der Waals surface area (Å²) in [5.41, 5.74) is 3.94. The second-order valence-electron chi connectivity index (χ2n) is 3.75. The highest BCUT2D eigenvalue weighted by Gasteiger charge is 1.99. The standard InChI is InChI=1S/C12H19N/c1-5-11(4)13-12-7-6-9(2)10(3)8-12/h6-8,11,13H,5H2,1-4H3. The molecule has 0 spiro atoms. The topological polar surface area (TPSA) is 12.0 Å². The quantitative estimate of drug-likeness (QED) is 0.745. The van der Waals surface area contributed by atoms with Gasteiger partial charge in [-0.1, -0.05) is 13.0 Å². The van der Waals surface area contributed by atoms with Crippen molar-refractivity contribution in [2.45, 2.75) is 40.2 Å². The van der Waals surface area contributed by atoms with Crippen molar-refractivity contribution in [2.75, 3.05) is 5.32 Å². The summed E-state index contributed by atoms with van der Waals surface area (Å²) in [5, 5.41) is 3.46. The van der Waals surface area contributed by atoms with E-state index in [4.69, 9.17) is 0 Å². The molecule has 0 aromatic heterocycles. The molecule has 0 aliphatic heterocycles. The Kier molecular flexibility index (Phi) is 3.35. The summed E-state index contributed by atoms with van der Waals surface area (Å²) in [6, 6.07) is 7.08. The van der Waals surface area contributed by atoms with Crippen LogP contribution in [-0.4, -0.2) is 6.04 Å². The fraction of sp³-hybridized carbons (Fsp3) is 0.500. The Morgan fingerprint density at radius 1 is 1.23 bits per heavy atom. The lowest BCUT2D eigenvalue weighted by Gasteiger charge is -2.13. The van der Waals surface area contributed by atoms with Crippen LogP contribution in [0.2, 0.25) is 0 Å². The van der Waals surface area contributed by atoms with Gasteiger partial charge in [0.25, 0.3) is 0 Å². The maximum Gasteiger partial charge on any atom is 0.0345 e. The normalized spacial score (nSPS) is 12.6. The zero-order chi connectivity index (χ0) is 9.84. The summed E-state index contributed by atoms with van der Waals surface area (Å²) < 4.78 is 0. The van der Waals surface area contributed by atoms with E-state index in [1.54, 1.807) is 0 Å². The molecule has 1 heteroatoms. The predicted molar refractivity (Wildman–Crippen MR) is 59.3 cm³/mol. The summed E-state index contributed by atoms with van der Waals surface area (Å²) in [7, 11) is 0. The van der Waals surface area contributed by atoms with Gasteiger partial charge in [-0.3, -0.25) is 0 Å². The van der Waals surface area contributed by atoms with Crippen LogP contribution in [0.15, 0.2) is 18.2 Å². The largest absolute Gasteiger partial charge is 0.383 e. The van der Waals surface area contributed by atoms with E-state index in [1.165, 1.54) is 16.8 Å².